The molecule has 2 aromatic carbocycles. The van der Waals surface area contributed by atoms with Crippen molar-refractivity contribution in [3.05, 3.63) is 58.9 Å². The lowest BCUT2D eigenvalue weighted by Crippen LogP contribution is -2.13. The number of methoxy groups -OCH3 is 3. The Labute approximate surface area is 191 Å². The molecule has 0 atom stereocenters. The van der Waals surface area contributed by atoms with Crippen molar-refractivity contribution in [3.63, 3.8) is 0 Å². The summed E-state index contributed by atoms with van der Waals surface area (Å²) in [6.45, 7) is 0. The molecule has 2 heterocycles. The zero-order valence-electron chi connectivity index (χ0n) is 18.3. The molecular weight excluding hydrogens is 426 g/mol. The van der Waals surface area contributed by atoms with E-state index >= 15 is 0 Å². The van der Waals surface area contributed by atoms with Crippen LogP contribution in [0, 0.1) is 0 Å². The third-order valence-electron chi connectivity index (χ3n) is 6.04. The highest BCUT2D eigenvalue weighted by molar-refractivity contribution is 6.30. The lowest BCUT2D eigenvalue weighted by atomic mass is 9.91. The molecule has 2 aromatic heterocycles. The van der Waals surface area contributed by atoms with Gasteiger partial charge in [0.15, 0.2) is 17.1 Å². The zero-order valence-corrected chi connectivity index (χ0v) is 19.1. The van der Waals surface area contributed by atoms with E-state index in [1.54, 1.807) is 21.3 Å². The summed E-state index contributed by atoms with van der Waals surface area (Å²) in [5.41, 5.74) is 7.14. The molecule has 4 aromatic rings. The Morgan fingerprint density at radius 2 is 1.56 bits per heavy atom. The molecule has 32 heavy (non-hydrogen) atoms. The van der Waals surface area contributed by atoms with Crippen molar-refractivity contribution < 1.29 is 14.2 Å². The second-order valence-electron chi connectivity index (χ2n) is 7.81. The van der Waals surface area contributed by atoms with E-state index in [0.717, 1.165) is 53.7 Å². The maximum Gasteiger partial charge on any atom is 0.203 e. The molecule has 0 N–H and O–H groups in total. The third-order valence-corrected chi connectivity index (χ3v) is 6.29. The van der Waals surface area contributed by atoms with E-state index in [-0.39, 0.29) is 0 Å². The van der Waals surface area contributed by atoms with Crippen LogP contribution in [-0.2, 0) is 12.8 Å². The molecule has 1 aliphatic carbocycles. The lowest BCUT2D eigenvalue weighted by molar-refractivity contribution is 0.324. The van der Waals surface area contributed by atoms with Crippen molar-refractivity contribution in [1.82, 2.24) is 14.6 Å². The van der Waals surface area contributed by atoms with Gasteiger partial charge in [-0.15, -0.1) is 0 Å². The summed E-state index contributed by atoms with van der Waals surface area (Å²) in [7, 11) is 4.86. The fourth-order valence-electron chi connectivity index (χ4n) is 4.49. The molecule has 0 saturated carbocycles. The molecule has 0 unspecified atom stereocenters. The van der Waals surface area contributed by atoms with E-state index < -0.39 is 0 Å². The van der Waals surface area contributed by atoms with Gasteiger partial charge >= 0.3 is 0 Å². The summed E-state index contributed by atoms with van der Waals surface area (Å²) < 4.78 is 18.7. The second-order valence-corrected chi connectivity index (χ2v) is 8.24. The van der Waals surface area contributed by atoms with Crippen molar-refractivity contribution >= 4 is 17.2 Å². The number of halogens is 1. The van der Waals surface area contributed by atoms with Crippen LogP contribution < -0.4 is 14.2 Å². The number of hydrogen-bond donors (Lipinski definition) is 0. The lowest BCUT2D eigenvalue weighted by Gasteiger charge is -2.21. The maximum absolute atomic E-state index is 6.10. The van der Waals surface area contributed by atoms with Gasteiger partial charge in [0.2, 0.25) is 5.75 Å². The first-order valence-corrected chi connectivity index (χ1v) is 11.0. The number of fused-ring (bicyclic) bond motifs is 3. The van der Waals surface area contributed by atoms with Gasteiger partial charge in [0, 0.05) is 27.4 Å². The number of aromatic nitrogens is 3. The van der Waals surface area contributed by atoms with Gasteiger partial charge in [0.05, 0.1) is 33.2 Å². The second kappa shape index (κ2) is 8.36. The first-order valence-electron chi connectivity index (χ1n) is 10.6. The van der Waals surface area contributed by atoms with Crippen LogP contribution >= 0.6 is 11.6 Å². The molecular formula is C25H24ClN3O3. The number of ether oxygens (including phenoxy) is 3. The smallest absolute Gasteiger partial charge is 0.203 e. The minimum absolute atomic E-state index is 0.569. The highest BCUT2D eigenvalue weighted by Gasteiger charge is 2.24. The minimum Gasteiger partial charge on any atom is -0.493 e. The van der Waals surface area contributed by atoms with Crippen molar-refractivity contribution in [2.75, 3.05) is 21.3 Å². The van der Waals surface area contributed by atoms with Gasteiger partial charge in [-0.3, -0.25) is 0 Å². The Balaban J connectivity index is 1.78. The number of rotatable bonds is 5. The highest BCUT2D eigenvalue weighted by atomic mass is 35.5. The van der Waals surface area contributed by atoms with Crippen LogP contribution in [0.4, 0.5) is 0 Å². The Hall–Kier alpha value is -3.25. The predicted octanol–water partition coefficient (Wildman–Crippen LogP) is 5.62. The van der Waals surface area contributed by atoms with Gasteiger partial charge in [0.1, 0.15) is 0 Å². The number of nitrogens with zero attached hydrogens (tertiary/aromatic N) is 3. The van der Waals surface area contributed by atoms with Crippen LogP contribution in [0.2, 0.25) is 5.02 Å². The number of aryl methyl sites for hydroxylation is 1. The summed E-state index contributed by atoms with van der Waals surface area (Å²) >= 11 is 6.10. The van der Waals surface area contributed by atoms with Crippen molar-refractivity contribution in [3.8, 4) is 39.6 Å². The quantitative estimate of drug-likeness (QED) is 0.395. The minimum atomic E-state index is 0.569. The van der Waals surface area contributed by atoms with Crippen LogP contribution in [0.15, 0.2) is 42.6 Å². The molecule has 1 aliphatic rings. The molecule has 0 spiro atoms. The summed E-state index contributed by atoms with van der Waals surface area (Å²) in [4.78, 5) is 5.14. The monoisotopic (exact) mass is 449 g/mol. The van der Waals surface area contributed by atoms with Gasteiger partial charge in [-0.2, -0.15) is 5.10 Å². The van der Waals surface area contributed by atoms with Crippen molar-refractivity contribution in [1.29, 1.82) is 0 Å². The van der Waals surface area contributed by atoms with Gasteiger partial charge < -0.3 is 14.2 Å². The number of benzene rings is 2. The Bertz CT molecular complexity index is 1270. The normalized spacial score (nSPS) is 13.1. The Morgan fingerprint density at radius 1 is 0.875 bits per heavy atom. The van der Waals surface area contributed by atoms with Crippen LogP contribution in [0.25, 0.3) is 28.0 Å². The fraction of sp³-hybridized carbons (Fsp3) is 0.280. The van der Waals surface area contributed by atoms with E-state index in [1.807, 2.05) is 47.1 Å². The van der Waals surface area contributed by atoms with E-state index in [2.05, 4.69) is 0 Å². The summed E-state index contributed by atoms with van der Waals surface area (Å²) in [5.74, 6) is 1.79. The molecule has 5 rings (SSSR count). The highest BCUT2D eigenvalue weighted by Crippen LogP contribution is 2.43. The molecule has 0 bridgehead atoms. The topological polar surface area (TPSA) is 57.9 Å². The molecule has 0 radical (unpaired) electrons. The van der Waals surface area contributed by atoms with Gasteiger partial charge in [0.25, 0.3) is 0 Å². The van der Waals surface area contributed by atoms with Crippen LogP contribution in [0.5, 0.6) is 17.2 Å². The fourth-order valence-corrected chi connectivity index (χ4v) is 4.61. The van der Waals surface area contributed by atoms with E-state index in [1.165, 1.54) is 11.3 Å². The molecule has 164 valence electrons. The predicted molar refractivity (Wildman–Crippen MR) is 125 cm³/mol. The first-order chi connectivity index (χ1) is 15.6. The average molecular weight is 450 g/mol. The van der Waals surface area contributed by atoms with E-state index in [9.17, 15) is 0 Å². The SMILES string of the molecule is COc1cc(-c2nc3c(-c4ccc(Cl)cc4)cnn3c3c2CCCC3)cc(OC)c1OC. The molecule has 7 heteroatoms. The first kappa shape index (κ1) is 20.6. The number of hydrogen-bond acceptors (Lipinski definition) is 5. The van der Waals surface area contributed by atoms with Gasteiger partial charge in [-0.05, 0) is 55.5 Å². The summed E-state index contributed by atoms with van der Waals surface area (Å²) in [6.07, 6.45) is 6.08. The van der Waals surface area contributed by atoms with Crippen LogP contribution in [-0.4, -0.2) is 35.9 Å². The molecule has 6 nitrogen and oxygen atoms in total. The molecule has 0 fully saturated rings. The average Bonchev–Trinajstić information content (AvgIpc) is 3.27. The third kappa shape index (κ3) is 3.35. The Morgan fingerprint density at radius 3 is 2.22 bits per heavy atom. The summed E-state index contributed by atoms with van der Waals surface area (Å²) in [6, 6.07) is 11.7. The van der Waals surface area contributed by atoms with Gasteiger partial charge in [-0.25, -0.2) is 9.50 Å². The maximum atomic E-state index is 6.10. The molecule has 0 amide bonds. The van der Waals surface area contributed by atoms with Crippen molar-refractivity contribution in [2.24, 2.45) is 0 Å². The van der Waals surface area contributed by atoms with Gasteiger partial charge in [-0.1, -0.05) is 23.7 Å². The zero-order chi connectivity index (χ0) is 22.2. The van der Waals surface area contributed by atoms with Crippen LogP contribution in [0.3, 0.4) is 0 Å². The molecule has 0 saturated heterocycles. The molecule has 0 aliphatic heterocycles. The van der Waals surface area contributed by atoms with E-state index in [4.69, 9.17) is 35.9 Å². The van der Waals surface area contributed by atoms with E-state index in [0.29, 0.717) is 22.3 Å². The van der Waals surface area contributed by atoms with Crippen LogP contribution in [0.1, 0.15) is 24.1 Å². The summed E-state index contributed by atoms with van der Waals surface area (Å²) in [5, 5.41) is 5.41. The Kier molecular flexibility index (Phi) is 5.39. The standard InChI is InChI=1S/C25H24ClN3O3/c1-30-21-12-16(13-22(31-2)24(21)32-3)23-18-6-4-5-7-20(18)29-25(28-23)19(14-27-29)15-8-10-17(26)11-9-15/h8-14H,4-7H2,1-3H3. The largest absolute Gasteiger partial charge is 0.493 e. The van der Waals surface area contributed by atoms with Crippen molar-refractivity contribution in [2.45, 2.75) is 25.7 Å².